The van der Waals surface area contributed by atoms with Crippen molar-refractivity contribution in [3.8, 4) is 0 Å². The summed E-state index contributed by atoms with van der Waals surface area (Å²) in [5.74, 6) is -1.48. The van der Waals surface area contributed by atoms with Crippen LogP contribution in [0.25, 0.3) is 0 Å². The third kappa shape index (κ3) is 1.93. The summed E-state index contributed by atoms with van der Waals surface area (Å²) in [4.78, 5) is 22.4. The maximum absolute atomic E-state index is 13.5. The molecule has 0 bridgehead atoms. The molecule has 1 aliphatic heterocycles. The number of anilines is 1. The predicted molar refractivity (Wildman–Crippen MR) is 58.4 cm³/mol. The molecule has 1 aliphatic rings. The van der Waals surface area contributed by atoms with Crippen molar-refractivity contribution in [2.45, 2.75) is 12.8 Å². The molecule has 3 nitrogen and oxygen atoms in total. The number of Topliss-reactive ketones (excluding diaryl/α,β-unsaturated/α-hetero) is 1. The summed E-state index contributed by atoms with van der Waals surface area (Å²) >= 11 is 5.38. The van der Waals surface area contributed by atoms with E-state index in [2.05, 4.69) is 5.32 Å². The molecule has 0 radical (unpaired) electrons. The Labute approximate surface area is 96.6 Å². The molecule has 0 fully saturated rings. The second-order valence-electron chi connectivity index (χ2n) is 3.59. The number of nitrogens with one attached hydrogen (secondary N) is 1. The lowest BCUT2D eigenvalue weighted by atomic mass is 9.98. The lowest BCUT2D eigenvalue weighted by Crippen LogP contribution is -2.20. The van der Waals surface area contributed by atoms with Crippen molar-refractivity contribution >= 4 is 29.0 Å². The van der Waals surface area contributed by atoms with Gasteiger partial charge in [-0.2, -0.15) is 0 Å². The molecule has 16 heavy (non-hydrogen) atoms. The zero-order chi connectivity index (χ0) is 11.7. The van der Waals surface area contributed by atoms with Gasteiger partial charge in [0.25, 0.3) is 0 Å². The van der Waals surface area contributed by atoms with E-state index in [1.807, 2.05) is 0 Å². The Morgan fingerprint density at radius 1 is 1.44 bits per heavy atom. The van der Waals surface area contributed by atoms with Crippen molar-refractivity contribution in [3.05, 3.63) is 29.1 Å². The van der Waals surface area contributed by atoms with Crippen LogP contribution in [0.4, 0.5) is 10.1 Å². The number of amides is 1. The van der Waals surface area contributed by atoms with Gasteiger partial charge in [-0.1, -0.05) is 0 Å². The molecule has 0 aliphatic carbocycles. The number of rotatable bonds is 2. The number of halogens is 2. The summed E-state index contributed by atoms with van der Waals surface area (Å²) in [6.45, 7) is 0. The number of hydrogen-bond donors (Lipinski definition) is 1. The molecule has 0 atom stereocenters. The molecule has 2 rings (SSSR count). The monoisotopic (exact) mass is 241 g/mol. The van der Waals surface area contributed by atoms with Crippen LogP contribution < -0.4 is 5.32 Å². The highest BCUT2D eigenvalue weighted by molar-refractivity contribution is 6.30. The fraction of sp³-hybridized carbons (Fsp3) is 0.273. The third-order valence-electron chi connectivity index (χ3n) is 2.51. The zero-order valence-corrected chi connectivity index (χ0v) is 9.10. The minimum absolute atomic E-state index is 0.00935. The van der Waals surface area contributed by atoms with E-state index in [-0.39, 0.29) is 17.4 Å². The van der Waals surface area contributed by atoms with E-state index in [4.69, 9.17) is 11.6 Å². The van der Waals surface area contributed by atoms with Crippen molar-refractivity contribution in [2.24, 2.45) is 0 Å². The van der Waals surface area contributed by atoms with Crippen molar-refractivity contribution in [3.63, 3.8) is 0 Å². The van der Waals surface area contributed by atoms with E-state index in [0.717, 1.165) is 5.56 Å². The molecule has 1 N–H and O–H groups in total. The standard InChI is InChI=1S/C11H9ClFNO2/c12-5-10(15)7-3-6-1-2-11(16)14-9(6)4-8(7)13/h3-4H,1-2,5H2,(H,14,16). The van der Waals surface area contributed by atoms with Crippen molar-refractivity contribution in [2.75, 3.05) is 11.2 Å². The molecule has 1 aromatic rings. The average Bonchev–Trinajstić information content (AvgIpc) is 2.27. The normalized spacial score (nSPS) is 14.2. The van der Waals surface area contributed by atoms with E-state index in [1.54, 1.807) is 0 Å². The number of hydrogen-bond acceptors (Lipinski definition) is 2. The van der Waals surface area contributed by atoms with Crippen LogP contribution in [0.5, 0.6) is 0 Å². The Morgan fingerprint density at radius 3 is 2.88 bits per heavy atom. The lowest BCUT2D eigenvalue weighted by molar-refractivity contribution is -0.116. The van der Waals surface area contributed by atoms with E-state index in [9.17, 15) is 14.0 Å². The number of alkyl halides is 1. The molecule has 0 spiro atoms. The number of benzene rings is 1. The maximum atomic E-state index is 13.5. The van der Waals surface area contributed by atoms with Crippen LogP contribution in [-0.2, 0) is 11.2 Å². The fourth-order valence-corrected chi connectivity index (χ4v) is 1.83. The Kier molecular flexibility index (Phi) is 2.92. The van der Waals surface area contributed by atoms with Crippen LogP contribution >= 0.6 is 11.6 Å². The van der Waals surface area contributed by atoms with Gasteiger partial charge in [0.05, 0.1) is 11.4 Å². The molecule has 0 saturated heterocycles. The van der Waals surface area contributed by atoms with E-state index >= 15 is 0 Å². The number of carbonyl (C=O) groups is 2. The minimum Gasteiger partial charge on any atom is -0.326 e. The maximum Gasteiger partial charge on any atom is 0.224 e. The minimum atomic E-state index is -0.647. The zero-order valence-electron chi connectivity index (χ0n) is 8.35. The molecule has 0 saturated carbocycles. The summed E-state index contributed by atoms with van der Waals surface area (Å²) in [5.41, 5.74) is 1.21. The topological polar surface area (TPSA) is 46.2 Å². The number of fused-ring (bicyclic) bond motifs is 1. The quantitative estimate of drug-likeness (QED) is 0.637. The average molecular weight is 242 g/mol. The number of ketones is 1. The van der Waals surface area contributed by atoms with Crippen molar-refractivity contribution in [1.82, 2.24) is 0 Å². The molecular formula is C11H9ClFNO2. The van der Waals surface area contributed by atoms with Crippen molar-refractivity contribution in [1.29, 1.82) is 0 Å². The van der Waals surface area contributed by atoms with E-state index in [1.165, 1.54) is 12.1 Å². The molecular weight excluding hydrogens is 233 g/mol. The Morgan fingerprint density at radius 2 is 2.19 bits per heavy atom. The first kappa shape index (κ1) is 11.1. The molecule has 1 aromatic carbocycles. The van der Waals surface area contributed by atoms with Gasteiger partial charge in [0.15, 0.2) is 5.78 Å². The second-order valence-corrected chi connectivity index (χ2v) is 3.86. The Bertz CT molecular complexity index is 473. The third-order valence-corrected chi connectivity index (χ3v) is 2.75. The highest BCUT2D eigenvalue weighted by Crippen LogP contribution is 2.26. The SMILES string of the molecule is O=C1CCc2cc(C(=O)CCl)c(F)cc2N1. The smallest absolute Gasteiger partial charge is 0.224 e. The van der Waals surface area contributed by atoms with Gasteiger partial charge < -0.3 is 5.32 Å². The van der Waals surface area contributed by atoms with Gasteiger partial charge in [-0.3, -0.25) is 9.59 Å². The van der Waals surface area contributed by atoms with Gasteiger partial charge in [-0.05, 0) is 24.1 Å². The molecule has 1 amide bonds. The van der Waals surface area contributed by atoms with Crippen LogP contribution in [0.2, 0.25) is 0 Å². The van der Waals surface area contributed by atoms with Gasteiger partial charge in [0, 0.05) is 12.1 Å². The molecule has 0 aromatic heterocycles. The Hall–Kier alpha value is -1.42. The summed E-state index contributed by atoms with van der Waals surface area (Å²) in [7, 11) is 0. The highest BCUT2D eigenvalue weighted by Gasteiger charge is 2.19. The van der Waals surface area contributed by atoms with Crippen molar-refractivity contribution < 1.29 is 14.0 Å². The Balaban J connectivity index is 2.45. The molecule has 84 valence electrons. The lowest BCUT2D eigenvalue weighted by Gasteiger charge is -2.17. The van der Waals surface area contributed by atoms with Gasteiger partial charge >= 0.3 is 0 Å². The largest absolute Gasteiger partial charge is 0.326 e. The molecule has 0 unspecified atom stereocenters. The fourth-order valence-electron chi connectivity index (χ4n) is 1.69. The summed E-state index contributed by atoms with van der Waals surface area (Å²) < 4.78 is 13.5. The van der Waals surface area contributed by atoms with Gasteiger partial charge in [0.1, 0.15) is 5.82 Å². The number of carbonyl (C=O) groups excluding carboxylic acids is 2. The van der Waals surface area contributed by atoms with Gasteiger partial charge in [-0.25, -0.2) is 4.39 Å². The first-order valence-corrected chi connectivity index (χ1v) is 5.36. The van der Waals surface area contributed by atoms with E-state index < -0.39 is 11.6 Å². The van der Waals surface area contributed by atoms with Gasteiger partial charge in [0.2, 0.25) is 5.91 Å². The first-order chi connectivity index (χ1) is 7.61. The van der Waals surface area contributed by atoms with Crippen LogP contribution in [0.1, 0.15) is 22.3 Å². The van der Waals surface area contributed by atoms with E-state index in [0.29, 0.717) is 18.5 Å². The summed E-state index contributed by atoms with van der Waals surface area (Å²) in [6, 6.07) is 2.64. The van der Waals surface area contributed by atoms with Gasteiger partial charge in [-0.15, -0.1) is 11.6 Å². The summed E-state index contributed by atoms with van der Waals surface area (Å²) in [5, 5.41) is 2.56. The first-order valence-electron chi connectivity index (χ1n) is 4.83. The van der Waals surface area contributed by atoms with Crippen LogP contribution in [0, 0.1) is 5.82 Å². The highest BCUT2D eigenvalue weighted by atomic mass is 35.5. The number of aryl methyl sites for hydroxylation is 1. The molecule has 1 heterocycles. The van der Waals surface area contributed by atoms with Crippen LogP contribution in [0.15, 0.2) is 12.1 Å². The van der Waals surface area contributed by atoms with Crippen LogP contribution in [-0.4, -0.2) is 17.6 Å². The summed E-state index contributed by atoms with van der Waals surface area (Å²) in [6.07, 6.45) is 0.872. The second kappa shape index (κ2) is 4.22. The van der Waals surface area contributed by atoms with Crippen LogP contribution in [0.3, 0.4) is 0 Å². The molecule has 5 heteroatoms. The predicted octanol–water partition coefficient (Wildman–Crippen LogP) is 2.13.